The van der Waals surface area contributed by atoms with Gasteiger partial charge in [0.05, 0.1) is 17.4 Å². The van der Waals surface area contributed by atoms with E-state index in [1.807, 2.05) is 12.1 Å². The van der Waals surface area contributed by atoms with Crippen LogP contribution in [0.3, 0.4) is 0 Å². The third-order valence-electron chi connectivity index (χ3n) is 3.39. The molecule has 0 spiro atoms. The lowest BCUT2D eigenvalue weighted by atomic mass is 10.1. The molecule has 0 atom stereocenters. The number of benzene rings is 1. The quantitative estimate of drug-likeness (QED) is 0.576. The van der Waals surface area contributed by atoms with Gasteiger partial charge in [-0.1, -0.05) is 0 Å². The molecule has 0 radical (unpaired) electrons. The fourth-order valence-corrected chi connectivity index (χ4v) is 2.11. The molecule has 6 heteroatoms. The average Bonchev–Trinajstić information content (AvgIpc) is 2.59. The summed E-state index contributed by atoms with van der Waals surface area (Å²) in [7, 11) is 1.63. The number of anilines is 2. The van der Waals surface area contributed by atoms with Crippen LogP contribution in [0.15, 0.2) is 42.7 Å². The van der Waals surface area contributed by atoms with E-state index in [1.165, 1.54) is 13.1 Å². The number of ketones is 1. The Kier molecular flexibility index (Phi) is 6.45. The van der Waals surface area contributed by atoms with Crippen LogP contribution in [-0.2, 0) is 4.74 Å². The predicted octanol–water partition coefficient (Wildman–Crippen LogP) is 2.79. The van der Waals surface area contributed by atoms with Crippen molar-refractivity contribution in [2.24, 2.45) is 0 Å². The number of methoxy groups -OCH3 is 1. The Labute approximate surface area is 141 Å². The number of hydrogen-bond donors (Lipinski definition) is 2. The number of nitrogens with one attached hydrogen (secondary N) is 2. The topological polar surface area (TPSA) is 80.3 Å². The van der Waals surface area contributed by atoms with E-state index in [0.29, 0.717) is 30.0 Å². The highest BCUT2D eigenvalue weighted by Gasteiger charge is 2.07. The van der Waals surface area contributed by atoms with Crippen LogP contribution in [0.5, 0.6) is 0 Å². The summed E-state index contributed by atoms with van der Waals surface area (Å²) >= 11 is 0. The largest absolute Gasteiger partial charge is 0.385 e. The number of hydrogen-bond acceptors (Lipinski definition) is 5. The molecule has 0 aliphatic rings. The summed E-state index contributed by atoms with van der Waals surface area (Å²) in [5.41, 5.74) is 2.66. The van der Waals surface area contributed by atoms with E-state index in [4.69, 9.17) is 4.74 Å². The highest BCUT2D eigenvalue weighted by molar-refractivity contribution is 5.95. The van der Waals surface area contributed by atoms with E-state index < -0.39 is 0 Å². The lowest BCUT2D eigenvalue weighted by molar-refractivity contribution is 0.0947. The summed E-state index contributed by atoms with van der Waals surface area (Å²) in [5, 5.41) is 5.99. The van der Waals surface area contributed by atoms with Crippen LogP contribution in [0.4, 0.5) is 11.4 Å². The van der Waals surface area contributed by atoms with Gasteiger partial charge in [0.15, 0.2) is 5.78 Å². The lowest BCUT2D eigenvalue weighted by Crippen LogP contribution is -2.25. The standard InChI is InChI=1S/C18H21N3O3/c1-13(22)14-4-6-16(7-5-14)21-17-10-15(11-19-12-17)18(23)20-8-3-9-24-2/h4-7,10-12,21H,3,8-9H2,1-2H3,(H,20,23). The smallest absolute Gasteiger partial charge is 0.252 e. The van der Waals surface area contributed by atoms with E-state index in [2.05, 4.69) is 15.6 Å². The first-order chi connectivity index (χ1) is 11.6. The fourth-order valence-electron chi connectivity index (χ4n) is 2.11. The first kappa shape index (κ1) is 17.6. The molecule has 0 saturated heterocycles. The maximum Gasteiger partial charge on any atom is 0.252 e. The molecule has 0 aliphatic carbocycles. The Morgan fingerprint density at radius 2 is 1.83 bits per heavy atom. The molecule has 0 bridgehead atoms. The molecule has 2 rings (SSSR count). The molecule has 1 heterocycles. The van der Waals surface area contributed by atoms with Crippen LogP contribution >= 0.6 is 0 Å². The van der Waals surface area contributed by atoms with E-state index in [1.54, 1.807) is 31.5 Å². The van der Waals surface area contributed by atoms with Gasteiger partial charge in [0.25, 0.3) is 5.91 Å². The molecule has 0 aliphatic heterocycles. The molecule has 1 aromatic heterocycles. The summed E-state index contributed by atoms with van der Waals surface area (Å²) in [6.07, 6.45) is 3.92. The van der Waals surface area contributed by atoms with Gasteiger partial charge in [0.1, 0.15) is 0 Å². The first-order valence-electron chi connectivity index (χ1n) is 7.70. The molecule has 2 aromatic rings. The first-order valence-corrected chi connectivity index (χ1v) is 7.70. The van der Waals surface area contributed by atoms with Gasteiger partial charge in [-0.2, -0.15) is 0 Å². The summed E-state index contributed by atoms with van der Waals surface area (Å²) in [6, 6.07) is 8.87. The third kappa shape index (κ3) is 5.17. The minimum absolute atomic E-state index is 0.0235. The predicted molar refractivity (Wildman–Crippen MR) is 92.8 cm³/mol. The Hall–Kier alpha value is -2.73. The monoisotopic (exact) mass is 327 g/mol. The minimum Gasteiger partial charge on any atom is -0.385 e. The molecule has 24 heavy (non-hydrogen) atoms. The van der Waals surface area contributed by atoms with E-state index in [-0.39, 0.29) is 11.7 Å². The maximum absolute atomic E-state index is 12.1. The molecular weight excluding hydrogens is 306 g/mol. The average molecular weight is 327 g/mol. The summed E-state index contributed by atoms with van der Waals surface area (Å²) in [4.78, 5) is 27.4. The van der Waals surface area contributed by atoms with Crippen LogP contribution in [0.2, 0.25) is 0 Å². The highest BCUT2D eigenvalue weighted by atomic mass is 16.5. The Balaban J connectivity index is 1.99. The third-order valence-corrected chi connectivity index (χ3v) is 3.39. The number of ether oxygens (including phenoxy) is 1. The van der Waals surface area contributed by atoms with Gasteiger partial charge in [-0.25, -0.2) is 0 Å². The number of Topliss-reactive ketones (excluding diaryl/α,β-unsaturated/α-hetero) is 1. The normalized spacial score (nSPS) is 10.2. The van der Waals surface area contributed by atoms with Crippen LogP contribution in [-0.4, -0.2) is 36.9 Å². The number of carbonyl (C=O) groups excluding carboxylic acids is 2. The van der Waals surface area contributed by atoms with Gasteiger partial charge in [-0.3, -0.25) is 14.6 Å². The number of aromatic nitrogens is 1. The number of nitrogens with zero attached hydrogens (tertiary/aromatic N) is 1. The zero-order valence-electron chi connectivity index (χ0n) is 13.8. The van der Waals surface area contributed by atoms with Crippen molar-refractivity contribution in [1.29, 1.82) is 0 Å². The molecule has 6 nitrogen and oxygen atoms in total. The number of carbonyl (C=O) groups is 2. The summed E-state index contributed by atoms with van der Waals surface area (Å²) in [5.74, 6) is -0.149. The second-order valence-corrected chi connectivity index (χ2v) is 5.32. The molecular formula is C18H21N3O3. The number of amides is 1. The van der Waals surface area contributed by atoms with Gasteiger partial charge < -0.3 is 15.4 Å². The van der Waals surface area contributed by atoms with Gasteiger partial charge in [-0.05, 0) is 43.7 Å². The summed E-state index contributed by atoms with van der Waals surface area (Å²) in [6.45, 7) is 2.69. The lowest BCUT2D eigenvalue weighted by Gasteiger charge is -2.09. The van der Waals surface area contributed by atoms with E-state index in [0.717, 1.165) is 12.1 Å². The molecule has 0 fully saturated rings. The Morgan fingerprint density at radius 3 is 2.50 bits per heavy atom. The van der Waals surface area contributed by atoms with E-state index >= 15 is 0 Å². The minimum atomic E-state index is -0.172. The molecule has 0 unspecified atom stereocenters. The van der Waals surface area contributed by atoms with Crippen molar-refractivity contribution >= 4 is 23.1 Å². The molecule has 2 N–H and O–H groups in total. The zero-order valence-corrected chi connectivity index (χ0v) is 13.8. The second-order valence-electron chi connectivity index (χ2n) is 5.32. The molecule has 126 valence electrons. The Bertz CT molecular complexity index is 699. The zero-order chi connectivity index (χ0) is 17.4. The van der Waals surface area contributed by atoms with Crippen molar-refractivity contribution in [3.8, 4) is 0 Å². The van der Waals surface area contributed by atoms with Gasteiger partial charge in [-0.15, -0.1) is 0 Å². The number of rotatable bonds is 8. The van der Waals surface area contributed by atoms with Crippen molar-refractivity contribution in [1.82, 2.24) is 10.3 Å². The van der Waals surface area contributed by atoms with Crippen molar-refractivity contribution in [3.05, 3.63) is 53.9 Å². The SMILES string of the molecule is COCCCNC(=O)c1cncc(Nc2ccc(C(C)=O)cc2)c1. The van der Waals surface area contributed by atoms with Crippen LogP contribution in [0, 0.1) is 0 Å². The van der Waals surface area contributed by atoms with Crippen LogP contribution in [0.1, 0.15) is 34.1 Å². The highest BCUT2D eigenvalue weighted by Crippen LogP contribution is 2.17. The van der Waals surface area contributed by atoms with Crippen LogP contribution in [0.25, 0.3) is 0 Å². The molecule has 1 amide bonds. The van der Waals surface area contributed by atoms with E-state index in [9.17, 15) is 9.59 Å². The Morgan fingerprint density at radius 1 is 1.08 bits per heavy atom. The van der Waals surface area contributed by atoms with Gasteiger partial charge in [0, 0.05) is 37.7 Å². The second kappa shape index (κ2) is 8.79. The van der Waals surface area contributed by atoms with Gasteiger partial charge in [0.2, 0.25) is 0 Å². The maximum atomic E-state index is 12.1. The molecule has 1 aromatic carbocycles. The van der Waals surface area contributed by atoms with Crippen molar-refractivity contribution in [2.45, 2.75) is 13.3 Å². The molecule has 0 saturated carbocycles. The van der Waals surface area contributed by atoms with Crippen LogP contribution < -0.4 is 10.6 Å². The van der Waals surface area contributed by atoms with Crippen molar-refractivity contribution < 1.29 is 14.3 Å². The summed E-state index contributed by atoms with van der Waals surface area (Å²) < 4.78 is 4.94. The fraction of sp³-hybridized carbons (Fsp3) is 0.278. The van der Waals surface area contributed by atoms with Crippen molar-refractivity contribution in [2.75, 3.05) is 25.6 Å². The van der Waals surface area contributed by atoms with Gasteiger partial charge >= 0.3 is 0 Å². The van der Waals surface area contributed by atoms with Crippen molar-refractivity contribution in [3.63, 3.8) is 0 Å². The number of pyridine rings is 1.